The molecular formula is C18H24N2O. The van der Waals surface area contributed by atoms with E-state index in [0.717, 1.165) is 29.0 Å². The first-order chi connectivity index (χ1) is 10.1. The van der Waals surface area contributed by atoms with E-state index >= 15 is 0 Å². The predicted octanol–water partition coefficient (Wildman–Crippen LogP) is 3.52. The van der Waals surface area contributed by atoms with Crippen molar-refractivity contribution in [3.63, 3.8) is 0 Å². The monoisotopic (exact) mass is 284 g/mol. The molecule has 0 aliphatic rings. The number of nitrogens with zero attached hydrogens (tertiary/aromatic N) is 1. The summed E-state index contributed by atoms with van der Waals surface area (Å²) in [6.07, 6.45) is 2.74. The van der Waals surface area contributed by atoms with Gasteiger partial charge in [0.1, 0.15) is 5.75 Å². The van der Waals surface area contributed by atoms with Gasteiger partial charge in [-0.05, 0) is 33.4 Å². The van der Waals surface area contributed by atoms with Gasteiger partial charge >= 0.3 is 0 Å². The lowest BCUT2D eigenvalue weighted by Crippen LogP contribution is -2.20. The Kier molecular flexibility index (Phi) is 4.97. The van der Waals surface area contributed by atoms with Gasteiger partial charge in [0.05, 0.1) is 7.11 Å². The Hall–Kier alpha value is -1.87. The van der Waals surface area contributed by atoms with E-state index in [9.17, 15) is 0 Å². The van der Waals surface area contributed by atoms with Crippen LogP contribution in [0.15, 0.2) is 30.5 Å². The molecular weight excluding hydrogens is 260 g/mol. The molecule has 1 aromatic heterocycles. The molecule has 2 aromatic rings. The zero-order valence-electron chi connectivity index (χ0n) is 13.5. The van der Waals surface area contributed by atoms with Crippen LogP contribution in [0.4, 0.5) is 0 Å². The van der Waals surface area contributed by atoms with Gasteiger partial charge in [-0.2, -0.15) is 0 Å². The zero-order valence-corrected chi connectivity index (χ0v) is 13.5. The molecule has 1 aromatic carbocycles. The Bertz CT molecular complexity index is 605. The van der Waals surface area contributed by atoms with Crippen molar-refractivity contribution in [1.29, 1.82) is 0 Å². The number of aromatic nitrogens is 1. The summed E-state index contributed by atoms with van der Waals surface area (Å²) in [5.74, 6) is 0.943. The maximum Gasteiger partial charge on any atom is 0.128 e. The van der Waals surface area contributed by atoms with Crippen LogP contribution in [-0.4, -0.2) is 19.1 Å². The van der Waals surface area contributed by atoms with Gasteiger partial charge < -0.3 is 10.1 Å². The summed E-state index contributed by atoms with van der Waals surface area (Å²) in [7, 11) is 3.71. The lowest BCUT2D eigenvalue weighted by atomic mass is 9.98. The van der Waals surface area contributed by atoms with E-state index in [2.05, 4.69) is 48.4 Å². The van der Waals surface area contributed by atoms with Crippen molar-refractivity contribution in [2.45, 2.75) is 33.2 Å². The minimum Gasteiger partial charge on any atom is -0.496 e. The van der Waals surface area contributed by atoms with Crippen molar-refractivity contribution in [3.8, 4) is 5.75 Å². The number of rotatable bonds is 5. The molecule has 1 atom stereocenters. The molecule has 112 valence electrons. The van der Waals surface area contributed by atoms with Crippen LogP contribution in [-0.2, 0) is 6.42 Å². The number of hydrogen-bond acceptors (Lipinski definition) is 3. The molecule has 0 saturated heterocycles. The highest BCUT2D eigenvalue weighted by atomic mass is 16.5. The molecule has 0 saturated carbocycles. The standard InChI is InChI=1S/C18H24N2O/c1-12-6-8-15(9-7-12)17(19-4)10-16-14(3)18(21-5)13(2)11-20-16/h6-9,11,17,19H,10H2,1-5H3. The van der Waals surface area contributed by atoms with Gasteiger partial charge in [0.25, 0.3) is 0 Å². The van der Waals surface area contributed by atoms with E-state index in [-0.39, 0.29) is 6.04 Å². The highest BCUT2D eigenvalue weighted by molar-refractivity contribution is 5.41. The van der Waals surface area contributed by atoms with Crippen molar-refractivity contribution in [3.05, 3.63) is 58.4 Å². The molecule has 0 amide bonds. The van der Waals surface area contributed by atoms with E-state index in [1.807, 2.05) is 20.2 Å². The fraction of sp³-hybridized carbons (Fsp3) is 0.389. The molecule has 3 nitrogen and oxygen atoms in total. The molecule has 1 unspecified atom stereocenters. The summed E-state index contributed by atoms with van der Waals surface area (Å²) in [5.41, 5.74) is 5.85. The van der Waals surface area contributed by atoms with Gasteiger partial charge in [-0.25, -0.2) is 0 Å². The van der Waals surface area contributed by atoms with E-state index in [0.29, 0.717) is 0 Å². The smallest absolute Gasteiger partial charge is 0.128 e. The Labute approximate surface area is 127 Å². The molecule has 1 heterocycles. The topological polar surface area (TPSA) is 34.2 Å². The minimum atomic E-state index is 0.254. The number of pyridine rings is 1. The van der Waals surface area contributed by atoms with Gasteiger partial charge in [-0.15, -0.1) is 0 Å². The minimum absolute atomic E-state index is 0.254. The first-order valence-electron chi connectivity index (χ1n) is 7.29. The number of aryl methyl sites for hydroxylation is 2. The molecule has 0 aliphatic carbocycles. The number of benzene rings is 1. The van der Waals surface area contributed by atoms with Gasteiger partial charge in [0.15, 0.2) is 0 Å². The second kappa shape index (κ2) is 6.72. The first kappa shape index (κ1) is 15.5. The summed E-state index contributed by atoms with van der Waals surface area (Å²) < 4.78 is 5.49. The molecule has 0 bridgehead atoms. The van der Waals surface area contributed by atoms with Crippen molar-refractivity contribution in [2.75, 3.05) is 14.2 Å². The third-order valence-electron chi connectivity index (χ3n) is 3.98. The average molecular weight is 284 g/mol. The maximum absolute atomic E-state index is 5.49. The van der Waals surface area contributed by atoms with Crippen molar-refractivity contribution in [1.82, 2.24) is 10.3 Å². The second-order valence-electron chi connectivity index (χ2n) is 5.50. The Morgan fingerprint density at radius 2 is 1.81 bits per heavy atom. The van der Waals surface area contributed by atoms with Crippen LogP contribution in [0, 0.1) is 20.8 Å². The summed E-state index contributed by atoms with van der Waals surface area (Å²) in [6, 6.07) is 8.91. The molecule has 2 rings (SSSR count). The number of nitrogens with one attached hydrogen (secondary N) is 1. The molecule has 0 spiro atoms. The molecule has 21 heavy (non-hydrogen) atoms. The highest BCUT2D eigenvalue weighted by Gasteiger charge is 2.15. The zero-order chi connectivity index (χ0) is 15.4. The maximum atomic E-state index is 5.49. The van der Waals surface area contributed by atoms with Crippen LogP contribution >= 0.6 is 0 Å². The van der Waals surface area contributed by atoms with Crippen molar-refractivity contribution < 1.29 is 4.74 Å². The SMILES string of the molecule is CNC(Cc1ncc(C)c(OC)c1C)c1ccc(C)cc1. The summed E-state index contributed by atoms with van der Waals surface area (Å²) in [6.45, 7) is 6.21. The number of likely N-dealkylation sites (N-methyl/N-ethyl adjacent to an activating group) is 1. The van der Waals surface area contributed by atoms with Crippen LogP contribution in [0.25, 0.3) is 0 Å². The Balaban J connectivity index is 2.29. The Morgan fingerprint density at radius 3 is 2.38 bits per heavy atom. The number of ether oxygens (including phenoxy) is 1. The van der Waals surface area contributed by atoms with Crippen LogP contribution in [0.5, 0.6) is 5.75 Å². The quantitative estimate of drug-likeness (QED) is 0.912. The van der Waals surface area contributed by atoms with Gasteiger partial charge in [-0.1, -0.05) is 29.8 Å². The second-order valence-corrected chi connectivity index (χ2v) is 5.50. The summed E-state index contributed by atoms with van der Waals surface area (Å²) in [4.78, 5) is 4.60. The Morgan fingerprint density at radius 1 is 1.14 bits per heavy atom. The number of methoxy groups -OCH3 is 1. The fourth-order valence-corrected chi connectivity index (χ4v) is 2.66. The van der Waals surface area contributed by atoms with Crippen LogP contribution in [0.2, 0.25) is 0 Å². The van der Waals surface area contributed by atoms with Crippen molar-refractivity contribution in [2.24, 2.45) is 0 Å². The van der Waals surface area contributed by atoms with E-state index in [4.69, 9.17) is 4.74 Å². The average Bonchev–Trinajstić information content (AvgIpc) is 2.48. The normalized spacial score (nSPS) is 12.2. The fourth-order valence-electron chi connectivity index (χ4n) is 2.66. The predicted molar refractivity (Wildman–Crippen MR) is 86.9 cm³/mol. The largest absolute Gasteiger partial charge is 0.496 e. The van der Waals surface area contributed by atoms with Crippen molar-refractivity contribution >= 4 is 0 Å². The van der Waals surface area contributed by atoms with E-state index in [1.165, 1.54) is 11.1 Å². The molecule has 0 aliphatic heterocycles. The number of hydrogen-bond donors (Lipinski definition) is 1. The van der Waals surface area contributed by atoms with Crippen LogP contribution in [0.1, 0.15) is 34.0 Å². The molecule has 0 fully saturated rings. The van der Waals surface area contributed by atoms with Gasteiger partial charge in [-0.3, -0.25) is 4.98 Å². The molecule has 1 N–H and O–H groups in total. The van der Waals surface area contributed by atoms with Crippen LogP contribution < -0.4 is 10.1 Å². The van der Waals surface area contributed by atoms with Gasteiger partial charge in [0, 0.05) is 35.5 Å². The van der Waals surface area contributed by atoms with E-state index in [1.54, 1.807) is 7.11 Å². The lowest BCUT2D eigenvalue weighted by molar-refractivity contribution is 0.406. The third kappa shape index (κ3) is 3.42. The first-order valence-corrected chi connectivity index (χ1v) is 7.29. The highest BCUT2D eigenvalue weighted by Crippen LogP contribution is 2.27. The van der Waals surface area contributed by atoms with Gasteiger partial charge in [0.2, 0.25) is 0 Å². The summed E-state index contributed by atoms with van der Waals surface area (Å²) >= 11 is 0. The third-order valence-corrected chi connectivity index (χ3v) is 3.98. The molecule has 3 heteroatoms. The molecule has 0 radical (unpaired) electrons. The lowest BCUT2D eigenvalue weighted by Gasteiger charge is -2.19. The van der Waals surface area contributed by atoms with Crippen LogP contribution in [0.3, 0.4) is 0 Å². The van der Waals surface area contributed by atoms with E-state index < -0.39 is 0 Å². The summed E-state index contributed by atoms with van der Waals surface area (Å²) in [5, 5.41) is 3.38.